The second-order valence-corrected chi connectivity index (χ2v) is 4.10. The van der Waals surface area contributed by atoms with E-state index in [9.17, 15) is 10.2 Å². The molecule has 1 rings (SSSR count). The zero-order valence-corrected chi connectivity index (χ0v) is 9.12. The predicted octanol–water partition coefficient (Wildman–Crippen LogP) is 2.53. The fourth-order valence-electron chi connectivity index (χ4n) is 1.20. The first-order valence-electron chi connectivity index (χ1n) is 4.63. The normalized spacial score (nSPS) is 17.5. The summed E-state index contributed by atoms with van der Waals surface area (Å²) in [5.41, 5.74) is -0.408. The number of hydrogen-bond acceptors (Lipinski definition) is 2. The molecule has 0 aliphatic carbocycles. The Hall–Kier alpha value is -0.570. The third kappa shape index (κ3) is 2.47. The summed E-state index contributed by atoms with van der Waals surface area (Å²) in [7, 11) is 0. The lowest BCUT2D eigenvalue weighted by atomic mass is 9.91. The Morgan fingerprint density at radius 2 is 1.86 bits per heavy atom. The van der Waals surface area contributed by atoms with Gasteiger partial charge in [0.1, 0.15) is 6.10 Å². The molecule has 1 aromatic rings. The SMILES string of the molecule is CCC(C)(O)C(O)c1ccc(Cl)cc1. The van der Waals surface area contributed by atoms with Crippen molar-refractivity contribution in [3.05, 3.63) is 34.9 Å². The first-order chi connectivity index (χ1) is 6.47. The van der Waals surface area contributed by atoms with Crippen molar-refractivity contribution >= 4 is 11.6 Å². The van der Waals surface area contributed by atoms with Crippen LogP contribution < -0.4 is 0 Å². The minimum absolute atomic E-state index is 0.497. The molecule has 2 unspecified atom stereocenters. The van der Waals surface area contributed by atoms with Gasteiger partial charge in [0.25, 0.3) is 0 Å². The molecule has 0 spiro atoms. The van der Waals surface area contributed by atoms with E-state index in [0.717, 1.165) is 0 Å². The number of hydrogen-bond donors (Lipinski definition) is 2. The molecule has 2 atom stereocenters. The minimum atomic E-state index is -1.09. The summed E-state index contributed by atoms with van der Waals surface area (Å²) in [6.45, 7) is 3.45. The molecule has 0 saturated carbocycles. The molecule has 2 nitrogen and oxygen atoms in total. The summed E-state index contributed by atoms with van der Waals surface area (Å²) in [5.74, 6) is 0. The maximum Gasteiger partial charge on any atom is 0.107 e. The van der Waals surface area contributed by atoms with E-state index >= 15 is 0 Å². The van der Waals surface area contributed by atoms with Gasteiger partial charge >= 0.3 is 0 Å². The molecular weight excluding hydrogens is 200 g/mol. The molecule has 0 radical (unpaired) electrons. The zero-order chi connectivity index (χ0) is 10.8. The lowest BCUT2D eigenvalue weighted by molar-refractivity contribution is -0.0658. The number of rotatable bonds is 3. The van der Waals surface area contributed by atoms with Gasteiger partial charge in [-0.25, -0.2) is 0 Å². The summed E-state index contributed by atoms with van der Waals surface area (Å²) < 4.78 is 0. The maximum atomic E-state index is 9.85. The van der Waals surface area contributed by atoms with E-state index in [-0.39, 0.29) is 0 Å². The van der Waals surface area contributed by atoms with Gasteiger partial charge in [0, 0.05) is 5.02 Å². The van der Waals surface area contributed by atoms with E-state index in [1.54, 1.807) is 31.2 Å². The average molecular weight is 215 g/mol. The highest BCUT2D eigenvalue weighted by Gasteiger charge is 2.29. The summed E-state index contributed by atoms with van der Waals surface area (Å²) in [6, 6.07) is 6.84. The van der Waals surface area contributed by atoms with Gasteiger partial charge in [-0.15, -0.1) is 0 Å². The molecule has 78 valence electrons. The Labute approximate surface area is 89.1 Å². The third-order valence-corrected chi connectivity index (χ3v) is 2.74. The van der Waals surface area contributed by atoms with Crippen LogP contribution in [-0.2, 0) is 0 Å². The second kappa shape index (κ2) is 4.30. The van der Waals surface area contributed by atoms with E-state index in [1.807, 2.05) is 6.92 Å². The molecule has 3 heteroatoms. The van der Waals surface area contributed by atoms with Crippen LogP contribution in [0.3, 0.4) is 0 Å². The Kier molecular flexibility index (Phi) is 3.53. The van der Waals surface area contributed by atoms with Crippen molar-refractivity contribution in [2.24, 2.45) is 0 Å². The molecule has 0 fully saturated rings. The molecule has 0 aliphatic heterocycles. The van der Waals surface area contributed by atoms with E-state index in [2.05, 4.69) is 0 Å². The topological polar surface area (TPSA) is 40.5 Å². The Balaban J connectivity index is 2.89. The van der Waals surface area contributed by atoms with Gasteiger partial charge < -0.3 is 10.2 Å². The highest BCUT2D eigenvalue weighted by atomic mass is 35.5. The number of benzene rings is 1. The Bertz CT molecular complexity index is 293. The largest absolute Gasteiger partial charge is 0.387 e. The van der Waals surface area contributed by atoms with Crippen molar-refractivity contribution in [3.8, 4) is 0 Å². The van der Waals surface area contributed by atoms with Crippen LogP contribution in [0.1, 0.15) is 31.9 Å². The molecule has 0 aromatic heterocycles. The van der Waals surface area contributed by atoms with Gasteiger partial charge in [-0.2, -0.15) is 0 Å². The molecular formula is C11H15ClO2. The summed E-state index contributed by atoms with van der Waals surface area (Å²) >= 11 is 5.72. The number of aliphatic hydroxyl groups is 2. The lowest BCUT2D eigenvalue weighted by Gasteiger charge is -2.28. The Morgan fingerprint density at radius 3 is 2.29 bits per heavy atom. The van der Waals surface area contributed by atoms with Crippen molar-refractivity contribution in [3.63, 3.8) is 0 Å². The molecule has 0 heterocycles. The van der Waals surface area contributed by atoms with Gasteiger partial charge in [-0.1, -0.05) is 30.7 Å². The molecule has 14 heavy (non-hydrogen) atoms. The van der Waals surface area contributed by atoms with E-state index < -0.39 is 11.7 Å². The minimum Gasteiger partial charge on any atom is -0.387 e. The Morgan fingerprint density at radius 1 is 1.36 bits per heavy atom. The molecule has 2 N–H and O–H groups in total. The third-order valence-electron chi connectivity index (χ3n) is 2.49. The van der Waals surface area contributed by atoms with Crippen LogP contribution in [0, 0.1) is 0 Å². The average Bonchev–Trinajstić information content (AvgIpc) is 2.18. The molecule has 1 aromatic carbocycles. The van der Waals surface area contributed by atoms with E-state index in [0.29, 0.717) is 17.0 Å². The molecule has 0 saturated heterocycles. The van der Waals surface area contributed by atoms with Gasteiger partial charge in [0.15, 0.2) is 0 Å². The standard InChI is InChI=1S/C11H15ClO2/c1-3-11(2,14)10(13)8-4-6-9(12)7-5-8/h4-7,10,13-14H,3H2,1-2H3. The fraction of sp³-hybridized carbons (Fsp3) is 0.455. The first-order valence-corrected chi connectivity index (χ1v) is 5.01. The number of aliphatic hydroxyl groups excluding tert-OH is 1. The monoisotopic (exact) mass is 214 g/mol. The maximum absolute atomic E-state index is 9.85. The van der Waals surface area contributed by atoms with Crippen molar-refractivity contribution in [1.29, 1.82) is 0 Å². The van der Waals surface area contributed by atoms with Crippen molar-refractivity contribution in [1.82, 2.24) is 0 Å². The lowest BCUT2D eigenvalue weighted by Crippen LogP contribution is -2.31. The highest BCUT2D eigenvalue weighted by Crippen LogP contribution is 2.28. The van der Waals surface area contributed by atoms with Gasteiger partial charge in [-0.3, -0.25) is 0 Å². The quantitative estimate of drug-likeness (QED) is 0.812. The second-order valence-electron chi connectivity index (χ2n) is 3.66. The van der Waals surface area contributed by atoms with Crippen LogP contribution in [0.25, 0.3) is 0 Å². The first kappa shape index (κ1) is 11.5. The van der Waals surface area contributed by atoms with Crippen LogP contribution in [-0.4, -0.2) is 15.8 Å². The summed E-state index contributed by atoms with van der Waals surface area (Å²) in [4.78, 5) is 0. The molecule has 0 bridgehead atoms. The van der Waals surface area contributed by atoms with Crippen molar-refractivity contribution in [2.75, 3.05) is 0 Å². The van der Waals surface area contributed by atoms with Crippen LogP contribution in [0.5, 0.6) is 0 Å². The van der Waals surface area contributed by atoms with E-state index in [1.165, 1.54) is 0 Å². The predicted molar refractivity (Wildman–Crippen MR) is 57.3 cm³/mol. The summed E-state index contributed by atoms with van der Waals surface area (Å²) in [6.07, 6.45) is -0.374. The van der Waals surface area contributed by atoms with Crippen LogP contribution in [0.4, 0.5) is 0 Å². The fourth-order valence-corrected chi connectivity index (χ4v) is 1.32. The smallest absolute Gasteiger partial charge is 0.107 e. The molecule has 0 amide bonds. The summed E-state index contributed by atoms with van der Waals surface area (Å²) in [5, 5.41) is 20.3. The van der Waals surface area contributed by atoms with Gasteiger partial charge in [0.05, 0.1) is 5.60 Å². The van der Waals surface area contributed by atoms with Crippen LogP contribution in [0.15, 0.2) is 24.3 Å². The molecule has 0 aliphatic rings. The van der Waals surface area contributed by atoms with Gasteiger partial charge in [-0.05, 0) is 31.0 Å². The highest BCUT2D eigenvalue weighted by molar-refractivity contribution is 6.30. The zero-order valence-electron chi connectivity index (χ0n) is 8.37. The van der Waals surface area contributed by atoms with Crippen molar-refractivity contribution < 1.29 is 10.2 Å². The van der Waals surface area contributed by atoms with Gasteiger partial charge in [0.2, 0.25) is 0 Å². The number of halogens is 1. The van der Waals surface area contributed by atoms with Crippen LogP contribution >= 0.6 is 11.6 Å². The van der Waals surface area contributed by atoms with Crippen LogP contribution in [0.2, 0.25) is 5.02 Å². The van der Waals surface area contributed by atoms with E-state index in [4.69, 9.17) is 11.6 Å². The van der Waals surface area contributed by atoms with Crippen molar-refractivity contribution in [2.45, 2.75) is 32.0 Å².